The van der Waals surface area contributed by atoms with Gasteiger partial charge in [0.2, 0.25) is 0 Å². The maximum atomic E-state index is 12.8. The van der Waals surface area contributed by atoms with E-state index >= 15 is 0 Å². The number of amides is 1. The van der Waals surface area contributed by atoms with Gasteiger partial charge in [-0.15, -0.1) is 11.3 Å². The van der Waals surface area contributed by atoms with Gasteiger partial charge in [-0.05, 0) is 58.7 Å². The van der Waals surface area contributed by atoms with Gasteiger partial charge in [-0.25, -0.2) is 9.59 Å². The Morgan fingerprint density at radius 2 is 1.76 bits per heavy atom. The van der Waals surface area contributed by atoms with Gasteiger partial charge in [0.15, 0.2) is 6.61 Å². The number of nitro benzene ring substituents is 1. The maximum absolute atomic E-state index is 12.8. The molecule has 182 valence electrons. The van der Waals surface area contributed by atoms with Crippen molar-refractivity contribution >= 4 is 39.9 Å². The monoisotopic (exact) mass is 489 g/mol. The third-order valence-electron chi connectivity index (χ3n) is 5.23. The number of nitrogens with zero attached hydrogens (tertiary/aromatic N) is 1. The van der Waals surface area contributed by atoms with E-state index in [4.69, 9.17) is 9.47 Å². The Morgan fingerprint density at radius 1 is 1.12 bits per heavy atom. The summed E-state index contributed by atoms with van der Waals surface area (Å²) in [4.78, 5) is 48.7. The third-order valence-corrected chi connectivity index (χ3v) is 6.70. The lowest BCUT2D eigenvalue weighted by molar-refractivity contribution is -0.384. The molecule has 34 heavy (non-hydrogen) atoms. The fourth-order valence-electron chi connectivity index (χ4n) is 4.13. The van der Waals surface area contributed by atoms with Crippen LogP contribution in [0, 0.1) is 10.1 Å². The molecule has 0 saturated carbocycles. The number of anilines is 1. The fourth-order valence-corrected chi connectivity index (χ4v) is 5.41. The van der Waals surface area contributed by atoms with Crippen molar-refractivity contribution in [2.24, 2.45) is 0 Å². The van der Waals surface area contributed by atoms with Crippen molar-refractivity contribution in [2.75, 3.05) is 18.5 Å². The summed E-state index contributed by atoms with van der Waals surface area (Å²) >= 11 is 1.29. The highest BCUT2D eigenvalue weighted by Gasteiger charge is 2.42. The highest BCUT2D eigenvalue weighted by molar-refractivity contribution is 7.17. The summed E-state index contributed by atoms with van der Waals surface area (Å²) in [5.74, 6) is -1.94. The lowest BCUT2D eigenvalue weighted by Crippen LogP contribution is -2.55. The highest BCUT2D eigenvalue weighted by Crippen LogP contribution is 2.45. The summed E-state index contributed by atoms with van der Waals surface area (Å²) in [6.45, 7) is 9.41. The first-order chi connectivity index (χ1) is 15.8. The number of thiophene rings is 1. The van der Waals surface area contributed by atoms with E-state index in [9.17, 15) is 24.5 Å². The van der Waals surface area contributed by atoms with E-state index < -0.39 is 34.9 Å². The summed E-state index contributed by atoms with van der Waals surface area (Å²) in [7, 11) is 0. The molecule has 1 aromatic heterocycles. The number of carbonyl (C=O) groups excluding carboxylic acids is 3. The lowest BCUT2D eigenvalue weighted by atomic mass is 9.81. The van der Waals surface area contributed by atoms with Crippen LogP contribution in [0.2, 0.25) is 0 Å². The molecule has 0 unspecified atom stereocenters. The van der Waals surface area contributed by atoms with Gasteiger partial charge in [0.05, 0.1) is 22.7 Å². The maximum Gasteiger partial charge on any atom is 0.341 e. The van der Waals surface area contributed by atoms with Gasteiger partial charge in [-0.2, -0.15) is 0 Å². The normalized spacial score (nSPS) is 15.7. The van der Waals surface area contributed by atoms with Crippen molar-refractivity contribution < 1.29 is 28.8 Å². The first-order valence-electron chi connectivity index (χ1n) is 10.7. The van der Waals surface area contributed by atoms with E-state index in [1.165, 1.54) is 35.6 Å². The van der Waals surface area contributed by atoms with E-state index in [1.807, 2.05) is 27.7 Å². The second kappa shape index (κ2) is 9.51. The molecule has 1 aliphatic rings. The summed E-state index contributed by atoms with van der Waals surface area (Å²) in [5, 5.41) is 17.3. The second-order valence-corrected chi connectivity index (χ2v) is 10.1. The molecule has 0 aliphatic carbocycles. The molecule has 2 N–H and O–H groups in total. The van der Waals surface area contributed by atoms with Gasteiger partial charge >= 0.3 is 11.9 Å². The number of hydrogen-bond acceptors (Lipinski definition) is 9. The quantitative estimate of drug-likeness (QED) is 0.340. The van der Waals surface area contributed by atoms with Crippen LogP contribution in [-0.4, -0.2) is 41.5 Å². The van der Waals surface area contributed by atoms with Crippen LogP contribution in [0.3, 0.4) is 0 Å². The molecule has 11 heteroatoms. The number of fused-ring (bicyclic) bond motifs is 1. The molecule has 1 amide bonds. The molecule has 0 radical (unpaired) electrons. The van der Waals surface area contributed by atoms with Gasteiger partial charge in [0.25, 0.3) is 11.6 Å². The first-order valence-corrected chi connectivity index (χ1v) is 11.5. The summed E-state index contributed by atoms with van der Waals surface area (Å²) in [6.07, 6.45) is 0.571. The number of nitro groups is 1. The molecule has 10 nitrogen and oxygen atoms in total. The first kappa shape index (κ1) is 25.3. The molecule has 2 heterocycles. The van der Waals surface area contributed by atoms with Crippen LogP contribution in [0.4, 0.5) is 10.7 Å². The zero-order chi connectivity index (χ0) is 25.3. The molecule has 0 fully saturated rings. The van der Waals surface area contributed by atoms with Crippen LogP contribution in [-0.2, 0) is 26.2 Å². The average molecular weight is 490 g/mol. The Balaban J connectivity index is 1.78. The number of carbonyl (C=O) groups is 3. The minimum absolute atomic E-state index is 0.0762. The van der Waals surface area contributed by atoms with Crippen LogP contribution < -0.4 is 10.6 Å². The van der Waals surface area contributed by atoms with Crippen LogP contribution >= 0.6 is 11.3 Å². The lowest BCUT2D eigenvalue weighted by Gasteiger charge is -2.42. The van der Waals surface area contributed by atoms with E-state index in [0.29, 0.717) is 17.0 Å². The molecule has 1 aliphatic heterocycles. The number of esters is 2. The second-order valence-electron chi connectivity index (χ2n) is 9.07. The number of benzene rings is 1. The molecule has 2 aromatic rings. The van der Waals surface area contributed by atoms with E-state index in [2.05, 4.69) is 10.6 Å². The van der Waals surface area contributed by atoms with Gasteiger partial charge in [0.1, 0.15) is 5.00 Å². The molecule has 0 saturated heterocycles. The van der Waals surface area contributed by atoms with Crippen molar-refractivity contribution in [2.45, 2.75) is 52.1 Å². The van der Waals surface area contributed by atoms with Crippen molar-refractivity contribution in [3.63, 3.8) is 0 Å². The Labute approximate surface area is 200 Å². The summed E-state index contributed by atoms with van der Waals surface area (Å²) in [6, 6.07) is 4.86. The molecular weight excluding hydrogens is 462 g/mol. The zero-order valence-electron chi connectivity index (χ0n) is 19.6. The van der Waals surface area contributed by atoms with E-state index in [1.54, 1.807) is 6.92 Å². The minimum Gasteiger partial charge on any atom is -0.462 e. The smallest absolute Gasteiger partial charge is 0.341 e. The largest absolute Gasteiger partial charge is 0.462 e. The molecule has 1 aromatic carbocycles. The predicted molar refractivity (Wildman–Crippen MR) is 126 cm³/mol. The number of nitrogens with one attached hydrogen (secondary N) is 2. The molecule has 0 atom stereocenters. The Hall–Kier alpha value is -3.31. The fraction of sp³-hybridized carbons (Fsp3) is 0.435. The topological polar surface area (TPSA) is 137 Å². The van der Waals surface area contributed by atoms with Gasteiger partial charge < -0.3 is 20.1 Å². The number of hydrogen-bond donors (Lipinski definition) is 2. The minimum atomic E-state index is -0.798. The molecule has 0 bridgehead atoms. The van der Waals surface area contributed by atoms with Crippen molar-refractivity contribution in [1.29, 1.82) is 0 Å². The molecule has 3 rings (SSSR count). The van der Waals surface area contributed by atoms with Crippen LogP contribution in [0.1, 0.15) is 65.8 Å². The Kier molecular flexibility index (Phi) is 7.08. The van der Waals surface area contributed by atoms with Crippen molar-refractivity contribution in [3.05, 3.63) is 55.9 Å². The van der Waals surface area contributed by atoms with Gasteiger partial charge in [0, 0.05) is 28.1 Å². The van der Waals surface area contributed by atoms with Crippen LogP contribution in [0.15, 0.2) is 24.3 Å². The molecular formula is C23H27N3O7S. The SMILES string of the molecule is CCOC(=O)c1c(NC(=O)COC(=O)c2ccc([N+](=O)[O-])cc2)sc2c1CC(C)(C)NC2(C)C. The Bertz CT molecular complexity index is 1140. The number of ether oxygens (including phenoxy) is 2. The van der Waals surface area contributed by atoms with Crippen LogP contribution in [0.5, 0.6) is 0 Å². The Morgan fingerprint density at radius 3 is 2.35 bits per heavy atom. The van der Waals surface area contributed by atoms with E-state index in [-0.39, 0.29) is 23.4 Å². The average Bonchev–Trinajstić information content (AvgIpc) is 3.09. The summed E-state index contributed by atoms with van der Waals surface area (Å²) in [5.41, 5.74) is 0.347. The highest BCUT2D eigenvalue weighted by atomic mass is 32.1. The van der Waals surface area contributed by atoms with Gasteiger partial charge in [-0.3, -0.25) is 14.9 Å². The zero-order valence-corrected chi connectivity index (χ0v) is 20.5. The number of rotatable bonds is 7. The van der Waals surface area contributed by atoms with Crippen LogP contribution in [0.25, 0.3) is 0 Å². The van der Waals surface area contributed by atoms with Crippen molar-refractivity contribution in [1.82, 2.24) is 5.32 Å². The third kappa shape index (κ3) is 5.42. The summed E-state index contributed by atoms with van der Waals surface area (Å²) < 4.78 is 10.3. The standard InChI is InChI=1S/C23H27N3O7S/c1-6-32-21(29)17-15-11-22(2,3)25-23(4,5)18(15)34-19(17)24-16(27)12-33-20(28)13-7-9-14(10-8-13)26(30)31/h7-10,25H,6,11-12H2,1-5H3,(H,24,27). The van der Waals surface area contributed by atoms with E-state index in [0.717, 1.165) is 10.4 Å². The van der Waals surface area contributed by atoms with Crippen molar-refractivity contribution in [3.8, 4) is 0 Å². The molecule has 0 spiro atoms. The number of non-ortho nitro benzene ring substituents is 1. The van der Waals surface area contributed by atoms with Gasteiger partial charge in [-0.1, -0.05) is 0 Å². The predicted octanol–water partition coefficient (Wildman–Crippen LogP) is 3.79.